The Balaban J connectivity index is 1.88. The van der Waals surface area contributed by atoms with Crippen molar-refractivity contribution in [1.29, 1.82) is 0 Å². The number of aromatic nitrogens is 2. The predicted octanol–water partition coefficient (Wildman–Crippen LogP) is 2.23. The molecule has 0 spiro atoms. The van der Waals surface area contributed by atoms with Gasteiger partial charge in [-0.15, -0.1) is 5.10 Å². The summed E-state index contributed by atoms with van der Waals surface area (Å²) in [6.45, 7) is 3.74. The maximum Gasteiger partial charge on any atom is 0.265 e. The molecule has 0 aliphatic heterocycles. The Morgan fingerprint density at radius 3 is 2.67 bits per heavy atom. The molecule has 0 fully saturated rings. The Kier molecular flexibility index (Phi) is 6.46. The predicted molar refractivity (Wildman–Crippen MR) is 93.9 cm³/mol. The van der Waals surface area contributed by atoms with E-state index in [4.69, 9.17) is 0 Å². The summed E-state index contributed by atoms with van der Waals surface area (Å²) in [5.74, 6) is 5.56. The largest absolute Gasteiger partial charge is 0.340 e. The topological polar surface area (TPSA) is 84.0 Å². The molecule has 0 aliphatic carbocycles. The van der Waals surface area contributed by atoms with Gasteiger partial charge in [0, 0.05) is 18.2 Å². The zero-order valence-corrected chi connectivity index (χ0v) is 14.4. The average molecular weight is 342 g/mol. The van der Waals surface area contributed by atoms with Crippen molar-refractivity contribution >= 4 is 29.0 Å². The third-order valence-corrected chi connectivity index (χ3v) is 3.79. The second-order valence-electron chi connectivity index (χ2n) is 5.04. The van der Waals surface area contributed by atoms with Gasteiger partial charge >= 0.3 is 0 Å². The van der Waals surface area contributed by atoms with E-state index in [1.165, 1.54) is 6.92 Å². The van der Waals surface area contributed by atoms with Crippen LogP contribution in [0.1, 0.15) is 41.2 Å². The molecule has 0 aliphatic rings. The number of aryl methyl sites for hydroxylation is 1. The molecule has 2 amide bonds. The van der Waals surface area contributed by atoms with Crippen molar-refractivity contribution in [2.75, 3.05) is 11.9 Å². The monoisotopic (exact) mass is 342 g/mol. The van der Waals surface area contributed by atoms with Gasteiger partial charge in [0.2, 0.25) is 5.91 Å². The SMILES string of the molecule is CCCc1nnsc1C(=O)NCC#Cc1ccc(NC(C)=O)cc1. The lowest BCUT2D eigenvalue weighted by atomic mass is 10.2. The van der Waals surface area contributed by atoms with Gasteiger partial charge in [0.25, 0.3) is 5.91 Å². The Morgan fingerprint density at radius 1 is 1.25 bits per heavy atom. The van der Waals surface area contributed by atoms with Gasteiger partial charge in [-0.1, -0.05) is 29.7 Å². The second-order valence-corrected chi connectivity index (χ2v) is 5.80. The molecule has 0 saturated heterocycles. The molecule has 6 nitrogen and oxygen atoms in total. The molecule has 1 aromatic heterocycles. The zero-order chi connectivity index (χ0) is 17.4. The lowest BCUT2D eigenvalue weighted by molar-refractivity contribution is -0.114. The van der Waals surface area contributed by atoms with Gasteiger partial charge in [0.05, 0.1) is 12.2 Å². The van der Waals surface area contributed by atoms with Crippen LogP contribution >= 0.6 is 11.5 Å². The molecule has 1 aromatic carbocycles. The highest BCUT2D eigenvalue weighted by atomic mass is 32.1. The summed E-state index contributed by atoms with van der Waals surface area (Å²) in [4.78, 5) is 23.6. The van der Waals surface area contributed by atoms with Gasteiger partial charge < -0.3 is 10.6 Å². The molecule has 0 saturated carbocycles. The van der Waals surface area contributed by atoms with Crippen molar-refractivity contribution < 1.29 is 9.59 Å². The summed E-state index contributed by atoms with van der Waals surface area (Å²) in [7, 11) is 0. The van der Waals surface area contributed by atoms with Crippen molar-refractivity contribution in [3.8, 4) is 11.8 Å². The van der Waals surface area contributed by atoms with E-state index in [-0.39, 0.29) is 18.4 Å². The minimum absolute atomic E-state index is 0.114. The summed E-state index contributed by atoms with van der Waals surface area (Å²) in [6.07, 6.45) is 1.66. The van der Waals surface area contributed by atoms with Gasteiger partial charge in [-0.2, -0.15) is 0 Å². The van der Waals surface area contributed by atoms with E-state index < -0.39 is 0 Å². The van der Waals surface area contributed by atoms with Gasteiger partial charge in [0.1, 0.15) is 4.88 Å². The highest BCUT2D eigenvalue weighted by Crippen LogP contribution is 2.12. The molecule has 7 heteroatoms. The fourth-order valence-electron chi connectivity index (χ4n) is 1.97. The molecular weight excluding hydrogens is 324 g/mol. The molecular formula is C17H18N4O2S. The summed E-state index contributed by atoms with van der Waals surface area (Å²) < 4.78 is 3.83. The molecule has 124 valence electrons. The van der Waals surface area contributed by atoms with Crippen LogP contribution in [-0.2, 0) is 11.2 Å². The van der Waals surface area contributed by atoms with E-state index in [0.717, 1.165) is 41.3 Å². The standard InChI is InChI=1S/C17H18N4O2S/c1-3-5-15-16(24-21-20-15)17(23)18-11-4-6-13-7-9-14(10-8-13)19-12(2)22/h7-10H,3,5,11H2,1-2H3,(H,18,23)(H,19,22). The Morgan fingerprint density at radius 2 is 2.00 bits per heavy atom. The molecule has 2 N–H and O–H groups in total. The Bertz CT molecular complexity index is 772. The van der Waals surface area contributed by atoms with Crippen LogP contribution in [0.5, 0.6) is 0 Å². The molecule has 0 bridgehead atoms. The van der Waals surface area contributed by atoms with E-state index in [1.54, 1.807) is 12.1 Å². The van der Waals surface area contributed by atoms with E-state index in [2.05, 4.69) is 32.1 Å². The van der Waals surface area contributed by atoms with Crippen molar-refractivity contribution in [2.45, 2.75) is 26.7 Å². The van der Waals surface area contributed by atoms with Gasteiger partial charge in [-0.25, -0.2) is 0 Å². The summed E-state index contributed by atoms with van der Waals surface area (Å²) in [5, 5.41) is 9.42. The number of hydrogen-bond acceptors (Lipinski definition) is 5. The van der Waals surface area contributed by atoms with E-state index in [1.807, 2.05) is 19.1 Å². The van der Waals surface area contributed by atoms with E-state index in [9.17, 15) is 9.59 Å². The second kappa shape index (κ2) is 8.79. The average Bonchev–Trinajstić information content (AvgIpc) is 3.01. The van der Waals surface area contributed by atoms with Crippen LogP contribution in [0.25, 0.3) is 0 Å². The Hall–Kier alpha value is -2.72. The third kappa shape index (κ3) is 5.18. The Labute approximate surface area is 144 Å². The number of carbonyl (C=O) groups excluding carboxylic acids is 2. The van der Waals surface area contributed by atoms with E-state index >= 15 is 0 Å². The highest BCUT2D eigenvalue weighted by molar-refractivity contribution is 7.08. The molecule has 0 atom stereocenters. The minimum atomic E-state index is -0.191. The first-order valence-electron chi connectivity index (χ1n) is 7.56. The first-order chi connectivity index (χ1) is 11.6. The van der Waals surface area contributed by atoms with Crippen molar-refractivity contribution in [3.63, 3.8) is 0 Å². The maximum absolute atomic E-state index is 12.1. The molecule has 2 aromatic rings. The van der Waals surface area contributed by atoms with Crippen LogP contribution in [-0.4, -0.2) is 27.9 Å². The summed E-state index contributed by atoms with van der Waals surface area (Å²) >= 11 is 1.10. The van der Waals surface area contributed by atoms with Crippen LogP contribution in [0.15, 0.2) is 24.3 Å². The lowest BCUT2D eigenvalue weighted by Crippen LogP contribution is -2.23. The fraction of sp³-hybridized carbons (Fsp3) is 0.294. The molecule has 2 rings (SSSR count). The smallest absolute Gasteiger partial charge is 0.265 e. The maximum atomic E-state index is 12.1. The van der Waals surface area contributed by atoms with E-state index in [0.29, 0.717) is 4.88 Å². The van der Waals surface area contributed by atoms with Gasteiger partial charge in [-0.3, -0.25) is 9.59 Å². The number of rotatable bonds is 5. The van der Waals surface area contributed by atoms with Gasteiger partial charge in [-0.05, 0) is 42.2 Å². The summed E-state index contributed by atoms with van der Waals surface area (Å²) in [5.41, 5.74) is 2.27. The van der Waals surface area contributed by atoms with Crippen LogP contribution in [0.2, 0.25) is 0 Å². The molecule has 24 heavy (non-hydrogen) atoms. The number of nitrogens with zero attached hydrogens (tertiary/aromatic N) is 2. The van der Waals surface area contributed by atoms with Crippen LogP contribution in [0, 0.1) is 11.8 Å². The summed E-state index contributed by atoms with van der Waals surface area (Å²) in [6, 6.07) is 7.19. The normalized spacial score (nSPS) is 9.75. The van der Waals surface area contributed by atoms with Crippen LogP contribution < -0.4 is 10.6 Å². The highest BCUT2D eigenvalue weighted by Gasteiger charge is 2.14. The number of benzene rings is 1. The number of carbonyl (C=O) groups is 2. The number of anilines is 1. The lowest BCUT2D eigenvalue weighted by Gasteiger charge is -2.01. The first-order valence-corrected chi connectivity index (χ1v) is 8.33. The van der Waals surface area contributed by atoms with Crippen molar-refractivity contribution in [2.24, 2.45) is 0 Å². The minimum Gasteiger partial charge on any atom is -0.340 e. The number of nitrogens with one attached hydrogen (secondary N) is 2. The molecule has 0 radical (unpaired) electrons. The van der Waals surface area contributed by atoms with Crippen molar-refractivity contribution in [3.05, 3.63) is 40.4 Å². The van der Waals surface area contributed by atoms with Crippen molar-refractivity contribution in [1.82, 2.24) is 14.9 Å². The molecule has 0 unspecified atom stereocenters. The van der Waals surface area contributed by atoms with Crippen LogP contribution in [0.4, 0.5) is 5.69 Å². The fourth-order valence-corrected chi connectivity index (χ4v) is 2.60. The quantitative estimate of drug-likeness (QED) is 0.816. The van der Waals surface area contributed by atoms with Crippen LogP contribution in [0.3, 0.4) is 0 Å². The number of hydrogen-bond donors (Lipinski definition) is 2. The zero-order valence-electron chi connectivity index (χ0n) is 13.5. The van der Waals surface area contributed by atoms with Gasteiger partial charge in [0.15, 0.2) is 0 Å². The number of amides is 2. The first kappa shape index (κ1) is 17.6. The molecule has 1 heterocycles. The third-order valence-electron chi connectivity index (χ3n) is 3.02.